The van der Waals surface area contributed by atoms with E-state index in [1.807, 2.05) is 0 Å². The fourth-order valence-corrected chi connectivity index (χ4v) is 2.54. The Balaban J connectivity index is 2.06. The maximum Gasteiger partial charge on any atom is 0.0445 e. The summed E-state index contributed by atoms with van der Waals surface area (Å²) in [6, 6.07) is 7.61. The monoisotopic (exact) mass is 219 g/mol. The number of nitrogens with one attached hydrogen (secondary N) is 1. The van der Waals surface area contributed by atoms with E-state index in [-0.39, 0.29) is 6.61 Å². The molecule has 2 N–H and O–H groups in total. The number of rotatable bonds is 4. The van der Waals surface area contributed by atoms with Crippen LogP contribution < -0.4 is 5.32 Å². The first-order valence-electron chi connectivity index (χ1n) is 6.17. The van der Waals surface area contributed by atoms with Gasteiger partial charge in [0, 0.05) is 18.7 Å². The summed E-state index contributed by atoms with van der Waals surface area (Å²) in [5.41, 5.74) is 4.30. The van der Waals surface area contributed by atoms with E-state index in [1.165, 1.54) is 29.5 Å². The molecule has 0 bridgehead atoms. The van der Waals surface area contributed by atoms with Crippen molar-refractivity contribution >= 4 is 0 Å². The van der Waals surface area contributed by atoms with E-state index in [4.69, 9.17) is 5.11 Å². The number of aliphatic hydroxyl groups excluding tert-OH is 1. The summed E-state index contributed by atoms with van der Waals surface area (Å²) in [4.78, 5) is 0. The van der Waals surface area contributed by atoms with Crippen molar-refractivity contribution in [3.05, 3.63) is 34.9 Å². The van der Waals surface area contributed by atoms with Crippen LogP contribution in [-0.2, 0) is 6.42 Å². The van der Waals surface area contributed by atoms with Crippen LogP contribution in [0.5, 0.6) is 0 Å². The van der Waals surface area contributed by atoms with Gasteiger partial charge in [-0.25, -0.2) is 0 Å². The van der Waals surface area contributed by atoms with Gasteiger partial charge in [-0.2, -0.15) is 0 Å². The van der Waals surface area contributed by atoms with E-state index in [9.17, 15) is 0 Å². The molecule has 16 heavy (non-hydrogen) atoms. The average Bonchev–Trinajstić information content (AvgIpc) is 2.61. The van der Waals surface area contributed by atoms with Crippen molar-refractivity contribution in [1.82, 2.24) is 5.32 Å². The Labute approximate surface area is 97.7 Å². The van der Waals surface area contributed by atoms with Crippen molar-refractivity contribution < 1.29 is 5.11 Å². The number of hydrogen-bond donors (Lipinski definition) is 2. The molecular formula is C14H21NO. The van der Waals surface area contributed by atoms with Crippen molar-refractivity contribution in [2.45, 2.75) is 45.2 Å². The lowest BCUT2D eigenvalue weighted by atomic mass is 10.0. The summed E-state index contributed by atoms with van der Waals surface area (Å²) in [7, 11) is 0. The van der Waals surface area contributed by atoms with Crippen molar-refractivity contribution in [1.29, 1.82) is 0 Å². The fraction of sp³-hybridized carbons (Fsp3) is 0.571. The first-order valence-corrected chi connectivity index (χ1v) is 6.17. The zero-order valence-electron chi connectivity index (χ0n) is 10.2. The Kier molecular flexibility index (Phi) is 3.62. The van der Waals surface area contributed by atoms with E-state index in [0.717, 1.165) is 6.42 Å². The largest absolute Gasteiger partial charge is 0.396 e. The second kappa shape index (κ2) is 4.98. The predicted octanol–water partition coefficient (Wildman–Crippen LogP) is 2.34. The van der Waals surface area contributed by atoms with Crippen LogP contribution in [0.4, 0.5) is 0 Å². The van der Waals surface area contributed by atoms with Crippen LogP contribution in [0.15, 0.2) is 18.2 Å². The summed E-state index contributed by atoms with van der Waals surface area (Å²) in [5, 5.41) is 12.5. The van der Waals surface area contributed by atoms with Crippen molar-refractivity contribution in [2.24, 2.45) is 0 Å². The molecule has 1 aromatic rings. The van der Waals surface area contributed by atoms with E-state index < -0.39 is 0 Å². The normalized spacial score (nSPS) is 20.8. The molecular weight excluding hydrogens is 198 g/mol. The van der Waals surface area contributed by atoms with Gasteiger partial charge in [-0.05, 0) is 44.2 Å². The highest BCUT2D eigenvalue weighted by Crippen LogP contribution is 2.32. The standard InChI is InChI=1S/C14H21NO/c1-10-3-5-13-12(9-10)4-6-14(13)15-11(2)7-8-16/h3,5,9,11,14-16H,4,6-8H2,1-2H3. The van der Waals surface area contributed by atoms with Crippen LogP contribution in [0.3, 0.4) is 0 Å². The van der Waals surface area contributed by atoms with E-state index in [2.05, 4.69) is 37.4 Å². The Hall–Kier alpha value is -0.860. The van der Waals surface area contributed by atoms with Crippen LogP contribution in [0.2, 0.25) is 0 Å². The Morgan fingerprint density at radius 1 is 1.50 bits per heavy atom. The zero-order chi connectivity index (χ0) is 11.5. The van der Waals surface area contributed by atoms with Gasteiger partial charge in [-0.3, -0.25) is 0 Å². The van der Waals surface area contributed by atoms with E-state index in [0.29, 0.717) is 12.1 Å². The molecule has 0 aromatic heterocycles. The average molecular weight is 219 g/mol. The van der Waals surface area contributed by atoms with Gasteiger partial charge >= 0.3 is 0 Å². The van der Waals surface area contributed by atoms with Gasteiger partial charge in [-0.15, -0.1) is 0 Å². The zero-order valence-corrected chi connectivity index (χ0v) is 10.2. The van der Waals surface area contributed by atoms with E-state index in [1.54, 1.807) is 0 Å². The highest BCUT2D eigenvalue weighted by Gasteiger charge is 2.23. The van der Waals surface area contributed by atoms with Crippen molar-refractivity contribution in [2.75, 3.05) is 6.61 Å². The molecule has 0 radical (unpaired) electrons. The lowest BCUT2D eigenvalue weighted by Crippen LogP contribution is -2.30. The molecule has 2 heteroatoms. The van der Waals surface area contributed by atoms with Crippen LogP contribution in [0.25, 0.3) is 0 Å². The third-order valence-electron chi connectivity index (χ3n) is 3.42. The minimum Gasteiger partial charge on any atom is -0.396 e. The topological polar surface area (TPSA) is 32.3 Å². The molecule has 0 saturated heterocycles. The molecule has 1 aromatic carbocycles. The van der Waals surface area contributed by atoms with Crippen LogP contribution in [0, 0.1) is 6.92 Å². The predicted molar refractivity (Wildman–Crippen MR) is 66.5 cm³/mol. The van der Waals surface area contributed by atoms with E-state index >= 15 is 0 Å². The molecule has 0 heterocycles. The molecule has 2 rings (SSSR count). The number of aliphatic hydroxyl groups is 1. The van der Waals surface area contributed by atoms with Crippen LogP contribution in [-0.4, -0.2) is 17.8 Å². The molecule has 0 aliphatic heterocycles. The first-order chi connectivity index (χ1) is 7.70. The van der Waals surface area contributed by atoms with Crippen molar-refractivity contribution in [3.63, 3.8) is 0 Å². The number of hydrogen-bond acceptors (Lipinski definition) is 2. The maximum atomic E-state index is 8.90. The van der Waals surface area contributed by atoms with Gasteiger partial charge < -0.3 is 10.4 Å². The number of fused-ring (bicyclic) bond motifs is 1. The summed E-state index contributed by atoms with van der Waals surface area (Å²) in [6.45, 7) is 4.56. The van der Waals surface area contributed by atoms with Gasteiger partial charge in [0.25, 0.3) is 0 Å². The molecule has 0 spiro atoms. The fourth-order valence-electron chi connectivity index (χ4n) is 2.54. The summed E-state index contributed by atoms with van der Waals surface area (Å²) >= 11 is 0. The lowest BCUT2D eigenvalue weighted by molar-refractivity contribution is 0.263. The first kappa shape index (κ1) is 11.6. The minimum atomic E-state index is 0.266. The van der Waals surface area contributed by atoms with Crippen molar-refractivity contribution in [3.8, 4) is 0 Å². The summed E-state index contributed by atoms with van der Waals surface area (Å²) in [6.07, 6.45) is 3.20. The van der Waals surface area contributed by atoms with Gasteiger partial charge in [0.2, 0.25) is 0 Å². The molecule has 1 aliphatic rings. The van der Waals surface area contributed by atoms with Crippen LogP contribution in [0.1, 0.15) is 42.5 Å². The summed E-state index contributed by atoms with van der Waals surface area (Å²) < 4.78 is 0. The Morgan fingerprint density at radius 2 is 2.31 bits per heavy atom. The quantitative estimate of drug-likeness (QED) is 0.814. The molecule has 88 valence electrons. The SMILES string of the molecule is Cc1ccc2c(c1)CCC2NC(C)CCO. The van der Waals surface area contributed by atoms with Gasteiger partial charge in [0.15, 0.2) is 0 Å². The summed E-state index contributed by atoms with van der Waals surface area (Å²) in [5.74, 6) is 0. The van der Waals surface area contributed by atoms with Crippen LogP contribution >= 0.6 is 0 Å². The molecule has 0 saturated carbocycles. The van der Waals surface area contributed by atoms with Gasteiger partial charge in [0.1, 0.15) is 0 Å². The molecule has 2 nitrogen and oxygen atoms in total. The maximum absolute atomic E-state index is 8.90. The third-order valence-corrected chi connectivity index (χ3v) is 3.42. The Bertz CT molecular complexity index is 362. The number of aryl methyl sites for hydroxylation is 2. The highest BCUT2D eigenvalue weighted by molar-refractivity contribution is 5.37. The molecule has 1 aliphatic carbocycles. The molecule has 2 atom stereocenters. The second-order valence-electron chi connectivity index (χ2n) is 4.87. The lowest BCUT2D eigenvalue weighted by Gasteiger charge is -2.19. The second-order valence-corrected chi connectivity index (χ2v) is 4.87. The highest BCUT2D eigenvalue weighted by atomic mass is 16.3. The van der Waals surface area contributed by atoms with Gasteiger partial charge in [-0.1, -0.05) is 23.8 Å². The third kappa shape index (κ3) is 2.45. The van der Waals surface area contributed by atoms with Gasteiger partial charge in [0.05, 0.1) is 0 Å². The minimum absolute atomic E-state index is 0.266. The smallest absolute Gasteiger partial charge is 0.0445 e. The molecule has 0 amide bonds. The molecule has 0 fully saturated rings. The molecule has 2 unspecified atom stereocenters. The Morgan fingerprint density at radius 3 is 3.06 bits per heavy atom. The number of benzene rings is 1.